The highest BCUT2D eigenvalue weighted by atomic mass is 35.5. The molecule has 1 aliphatic heterocycles. The first kappa shape index (κ1) is 20.6. The van der Waals surface area contributed by atoms with Crippen LogP contribution in [0.2, 0.25) is 5.02 Å². The molecule has 3 aromatic rings. The number of nitrogens with zero attached hydrogens (tertiary/aromatic N) is 2. The third-order valence-electron chi connectivity index (χ3n) is 4.85. The number of hydrogen-bond donors (Lipinski definition) is 2. The van der Waals surface area contributed by atoms with Gasteiger partial charge in [0, 0.05) is 16.3 Å². The normalized spacial score (nSPS) is 15.0. The summed E-state index contributed by atoms with van der Waals surface area (Å²) in [6, 6.07) is 12.7. The number of carbonyl (C=O) groups excluding carboxylic acids is 3. The number of carbonyl (C=O) groups is 3. The largest absolute Gasteiger partial charge is 0.462 e. The van der Waals surface area contributed by atoms with Crippen LogP contribution in [0, 0.1) is 0 Å². The quantitative estimate of drug-likeness (QED) is 0.588. The Morgan fingerprint density at radius 3 is 2.58 bits per heavy atom. The second-order valence-electron chi connectivity index (χ2n) is 6.91. The van der Waals surface area contributed by atoms with E-state index in [1.165, 1.54) is 4.68 Å². The Morgan fingerprint density at radius 1 is 1.19 bits per heavy atom. The number of fused-ring (bicyclic) bond motifs is 1. The van der Waals surface area contributed by atoms with Gasteiger partial charge in [-0.2, -0.15) is 5.10 Å². The monoisotopic (exact) mass is 438 g/mol. The van der Waals surface area contributed by atoms with Gasteiger partial charge in [0.2, 0.25) is 11.8 Å². The molecule has 0 fully saturated rings. The molecule has 1 aromatic heterocycles. The molecule has 0 radical (unpaired) electrons. The molecule has 1 unspecified atom stereocenters. The molecule has 1 atom stereocenters. The van der Waals surface area contributed by atoms with Crippen LogP contribution in [0.5, 0.6) is 0 Å². The van der Waals surface area contributed by atoms with Crippen LogP contribution in [0.25, 0.3) is 11.1 Å². The molecule has 0 spiro atoms. The summed E-state index contributed by atoms with van der Waals surface area (Å²) in [5, 5.41) is 10.5. The Morgan fingerprint density at radius 2 is 1.90 bits per heavy atom. The summed E-state index contributed by atoms with van der Waals surface area (Å²) >= 11 is 5.95. The molecule has 31 heavy (non-hydrogen) atoms. The first-order valence-corrected chi connectivity index (χ1v) is 10.1. The lowest BCUT2D eigenvalue weighted by molar-refractivity contribution is -0.125. The molecule has 0 saturated heterocycles. The van der Waals surface area contributed by atoms with Crippen molar-refractivity contribution in [3.05, 3.63) is 65.3 Å². The molecule has 158 valence electrons. The van der Waals surface area contributed by atoms with Gasteiger partial charge in [0.15, 0.2) is 0 Å². The van der Waals surface area contributed by atoms with Crippen molar-refractivity contribution in [1.82, 2.24) is 9.78 Å². The van der Waals surface area contributed by atoms with Crippen molar-refractivity contribution in [3.63, 3.8) is 0 Å². The number of benzene rings is 2. The van der Waals surface area contributed by atoms with Crippen molar-refractivity contribution in [3.8, 4) is 11.1 Å². The molecule has 0 bridgehead atoms. The van der Waals surface area contributed by atoms with E-state index >= 15 is 0 Å². The average molecular weight is 439 g/mol. The number of rotatable bonds is 5. The van der Waals surface area contributed by atoms with Crippen molar-refractivity contribution in [2.24, 2.45) is 0 Å². The van der Waals surface area contributed by atoms with Crippen LogP contribution in [-0.2, 0) is 14.3 Å². The topological polar surface area (TPSA) is 102 Å². The number of ether oxygens (including phenoxy) is 1. The molecule has 1 aliphatic rings. The van der Waals surface area contributed by atoms with E-state index < -0.39 is 12.0 Å². The minimum atomic E-state index is -0.811. The van der Waals surface area contributed by atoms with Gasteiger partial charge in [0.1, 0.15) is 11.9 Å². The standard InChI is InChI=1S/C22H19ClN4O4/c1-2-31-22(30)14-5-9-16(10-6-14)25-21(29)18-11-19(28)26-20-17(12-24-27(18)20)13-3-7-15(23)8-4-13/h3-10,12,18H,2,11H2,1H3,(H,25,29)(H,26,28). The number of amides is 2. The molecular weight excluding hydrogens is 420 g/mol. The van der Waals surface area contributed by atoms with Gasteiger partial charge >= 0.3 is 5.97 Å². The van der Waals surface area contributed by atoms with E-state index in [0.717, 1.165) is 5.56 Å². The maximum absolute atomic E-state index is 12.9. The van der Waals surface area contributed by atoms with Crippen LogP contribution in [0.3, 0.4) is 0 Å². The van der Waals surface area contributed by atoms with Crippen LogP contribution < -0.4 is 10.6 Å². The fraction of sp³-hybridized carbons (Fsp3) is 0.182. The number of anilines is 2. The minimum absolute atomic E-state index is 0.0402. The van der Waals surface area contributed by atoms with E-state index in [-0.39, 0.29) is 24.8 Å². The molecule has 4 rings (SSSR count). The van der Waals surface area contributed by atoms with Crippen LogP contribution in [0.4, 0.5) is 11.5 Å². The number of halogens is 1. The maximum atomic E-state index is 12.9. The van der Waals surface area contributed by atoms with E-state index in [2.05, 4.69) is 15.7 Å². The molecule has 8 nitrogen and oxygen atoms in total. The lowest BCUT2D eigenvalue weighted by atomic mass is 10.1. The number of esters is 1. The van der Waals surface area contributed by atoms with Gasteiger partial charge < -0.3 is 15.4 Å². The SMILES string of the molecule is CCOC(=O)c1ccc(NC(=O)C2CC(=O)Nc3c(-c4ccc(Cl)cc4)cnn32)cc1. The highest BCUT2D eigenvalue weighted by Crippen LogP contribution is 2.34. The van der Waals surface area contributed by atoms with E-state index in [9.17, 15) is 14.4 Å². The fourth-order valence-electron chi connectivity index (χ4n) is 3.34. The van der Waals surface area contributed by atoms with Crippen molar-refractivity contribution in [2.45, 2.75) is 19.4 Å². The average Bonchev–Trinajstić information content (AvgIpc) is 3.18. The second kappa shape index (κ2) is 8.61. The Kier molecular flexibility index (Phi) is 5.73. The zero-order chi connectivity index (χ0) is 22.0. The van der Waals surface area contributed by atoms with Crippen molar-refractivity contribution in [2.75, 3.05) is 17.2 Å². The summed E-state index contributed by atoms with van der Waals surface area (Å²) in [4.78, 5) is 37.0. The lowest BCUT2D eigenvalue weighted by Gasteiger charge is -2.24. The summed E-state index contributed by atoms with van der Waals surface area (Å²) in [5.74, 6) is -0.636. The van der Waals surface area contributed by atoms with Gasteiger partial charge in [-0.05, 0) is 48.9 Å². The first-order chi connectivity index (χ1) is 15.0. The molecule has 2 N–H and O–H groups in total. The molecule has 0 aliphatic carbocycles. The fourth-order valence-corrected chi connectivity index (χ4v) is 3.47. The summed E-state index contributed by atoms with van der Waals surface area (Å²) in [6.45, 7) is 2.01. The molecular formula is C22H19ClN4O4. The predicted molar refractivity (Wildman–Crippen MR) is 116 cm³/mol. The van der Waals surface area contributed by atoms with Gasteiger partial charge in [0.05, 0.1) is 24.8 Å². The summed E-state index contributed by atoms with van der Waals surface area (Å²) in [5.41, 5.74) is 2.40. The number of hydrogen-bond acceptors (Lipinski definition) is 5. The zero-order valence-electron chi connectivity index (χ0n) is 16.6. The highest BCUT2D eigenvalue weighted by Gasteiger charge is 2.33. The Balaban J connectivity index is 1.55. The van der Waals surface area contributed by atoms with Gasteiger partial charge in [-0.1, -0.05) is 23.7 Å². The van der Waals surface area contributed by atoms with Gasteiger partial charge in [-0.25, -0.2) is 9.48 Å². The number of aromatic nitrogens is 2. The third kappa shape index (κ3) is 4.29. The van der Waals surface area contributed by atoms with E-state index in [1.54, 1.807) is 49.5 Å². The Labute approximate surface area is 183 Å². The molecule has 2 aromatic carbocycles. The summed E-state index contributed by atoms with van der Waals surface area (Å²) < 4.78 is 6.46. The molecule has 2 amide bonds. The van der Waals surface area contributed by atoms with Gasteiger partial charge in [-0.3, -0.25) is 9.59 Å². The van der Waals surface area contributed by atoms with Gasteiger partial charge in [0.25, 0.3) is 0 Å². The van der Waals surface area contributed by atoms with E-state index in [1.807, 2.05) is 12.1 Å². The van der Waals surface area contributed by atoms with Crippen LogP contribution in [-0.4, -0.2) is 34.2 Å². The van der Waals surface area contributed by atoms with Crippen molar-refractivity contribution in [1.29, 1.82) is 0 Å². The molecule has 9 heteroatoms. The van der Waals surface area contributed by atoms with Crippen molar-refractivity contribution < 1.29 is 19.1 Å². The van der Waals surface area contributed by atoms with Crippen LogP contribution in [0.15, 0.2) is 54.7 Å². The zero-order valence-corrected chi connectivity index (χ0v) is 17.3. The Bertz CT molecular complexity index is 1140. The van der Waals surface area contributed by atoms with Gasteiger partial charge in [-0.15, -0.1) is 0 Å². The van der Waals surface area contributed by atoms with E-state index in [4.69, 9.17) is 16.3 Å². The first-order valence-electron chi connectivity index (χ1n) is 9.67. The highest BCUT2D eigenvalue weighted by molar-refractivity contribution is 6.30. The third-order valence-corrected chi connectivity index (χ3v) is 5.10. The van der Waals surface area contributed by atoms with Crippen LogP contribution in [0.1, 0.15) is 29.7 Å². The molecule has 0 saturated carbocycles. The lowest BCUT2D eigenvalue weighted by Crippen LogP contribution is -2.35. The van der Waals surface area contributed by atoms with Crippen molar-refractivity contribution >= 4 is 40.9 Å². The second-order valence-corrected chi connectivity index (χ2v) is 7.35. The predicted octanol–water partition coefficient (Wildman–Crippen LogP) is 3.90. The number of nitrogens with one attached hydrogen (secondary N) is 2. The maximum Gasteiger partial charge on any atom is 0.338 e. The smallest absolute Gasteiger partial charge is 0.338 e. The Hall–Kier alpha value is -3.65. The minimum Gasteiger partial charge on any atom is -0.462 e. The summed E-state index contributed by atoms with van der Waals surface area (Å²) in [7, 11) is 0. The summed E-state index contributed by atoms with van der Waals surface area (Å²) in [6.07, 6.45) is 1.57. The van der Waals surface area contributed by atoms with E-state index in [0.29, 0.717) is 27.7 Å². The van der Waals surface area contributed by atoms with Crippen LogP contribution >= 0.6 is 11.6 Å². The molecule has 2 heterocycles.